The lowest BCUT2D eigenvalue weighted by atomic mass is 9.98. The van der Waals surface area contributed by atoms with E-state index in [9.17, 15) is 45.3 Å². The van der Waals surface area contributed by atoms with Crippen LogP contribution in [0.25, 0.3) is 0 Å². The van der Waals surface area contributed by atoms with Gasteiger partial charge in [0.15, 0.2) is 18.7 Å². The summed E-state index contributed by atoms with van der Waals surface area (Å²) in [5, 5.41) is 72.0. The molecule has 0 aliphatic carbocycles. The normalized spacial score (nSPS) is 26.2. The Morgan fingerprint density at radius 2 is 0.879 bits per heavy atom. The fraction of sp³-hybridized carbons (Fsp3) is 0.922. The summed E-state index contributed by atoms with van der Waals surface area (Å²) < 4.78 is 33.6. The first-order valence-electron chi connectivity index (χ1n) is 26.3. The van der Waals surface area contributed by atoms with Crippen LogP contribution >= 0.6 is 0 Å². The monoisotopic (exact) mass is 947 g/mol. The minimum atomic E-state index is -1.76. The SMILES string of the molecule is CCCC/C=C/CCCCCCCC(=O)O[C@@H](COC(=O)CCCCCCCCCCCCCCCCCCCCC)CO[C@@H]1O[C@H](CO[C@@H]2O[C@H](CO)[C@H](O)C(O)C2O)[C@H](O)C(O)C1O. The van der Waals surface area contributed by atoms with Gasteiger partial charge in [-0.1, -0.05) is 174 Å². The number of aliphatic hydroxyl groups excluding tert-OH is 7. The predicted molar refractivity (Wildman–Crippen MR) is 252 cm³/mol. The fourth-order valence-corrected chi connectivity index (χ4v) is 8.38. The van der Waals surface area contributed by atoms with Gasteiger partial charge in [0.05, 0.1) is 19.8 Å². The third-order valence-corrected chi connectivity index (χ3v) is 12.7. The molecule has 2 rings (SSSR count). The van der Waals surface area contributed by atoms with Gasteiger partial charge in [0.25, 0.3) is 0 Å². The van der Waals surface area contributed by atoms with Gasteiger partial charge in [-0.25, -0.2) is 0 Å². The smallest absolute Gasteiger partial charge is 0.306 e. The summed E-state index contributed by atoms with van der Waals surface area (Å²) in [5.41, 5.74) is 0. The zero-order chi connectivity index (χ0) is 48.2. The molecule has 0 aromatic carbocycles. The van der Waals surface area contributed by atoms with Gasteiger partial charge in [-0.2, -0.15) is 0 Å². The predicted octanol–water partition coefficient (Wildman–Crippen LogP) is 7.38. The van der Waals surface area contributed by atoms with Crippen molar-refractivity contribution < 1.29 is 73.8 Å². The van der Waals surface area contributed by atoms with Crippen molar-refractivity contribution in [2.75, 3.05) is 26.4 Å². The molecule has 2 aliphatic rings. The maximum atomic E-state index is 13.0. The Balaban J connectivity index is 1.76. The summed E-state index contributed by atoms with van der Waals surface area (Å²) >= 11 is 0. The Labute approximate surface area is 397 Å². The summed E-state index contributed by atoms with van der Waals surface area (Å²) in [5.74, 6) is -0.926. The largest absolute Gasteiger partial charge is 0.462 e. The molecule has 0 spiro atoms. The van der Waals surface area contributed by atoms with Crippen LogP contribution in [-0.4, -0.2) is 142 Å². The third-order valence-electron chi connectivity index (χ3n) is 12.7. The molecule has 2 aliphatic heterocycles. The Morgan fingerprint density at radius 3 is 1.38 bits per heavy atom. The molecule has 7 N–H and O–H groups in total. The van der Waals surface area contributed by atoms with Crippen LogP contribution in [0.5, 0.6) is 0 Å². The molecule has 0 radical (unpaired) electrons. The van der Waals surface area contributed by atoms with E-state index in [0.717, 1.165) is 57.8 Å². The molecule has 0 saturated carbocycles. The number of ether oxygens (including phenoxy) is 6. The molecular formula is C51H94O15. The zero-order valence-electron chi connectivity index (χ0n) is 40.9. The second-order valence-electron chi connectivity index (χ2n) is 18.7. The van der Waals surface area contributed by atoms with Crippen LogP contribution in [0.4, 0.5) is 0 Å². The number of hydrogen-bond donors (Lipinski definition) is 7. The number of carbonyl (C=O) groups is 2. The first-order chi connectivity index (χ1) is 32.0. The summed E-state index contributed by atoms with van der Waals surface area (Å²) in [7, 11) is 0. The lowest BCUT2D eigenvalue weighted by Crippen LogP contribution is -2.61. The van der Waals surface area contributed by atoms with Gasteiger partial charge in [0.2, 0.25) is 0 Å². The standard InChI is InChI=1S/C51H94O15/c1-3-5-7-9-11-13-15-16-17-18-19-20-21-22-24-25-27-29-31-33-42(53)61-36-39(64-43(54)34-32-30-28-26-23-14-12-10-8-6-4-2)37-62-50-49(60)47(58)45(56)41(66-50)38-63-51-48(59)46(57)44(55)40(35-52)65-51/h10,12,39-41,44-52,55-60H,3-9,11,13-38H2,1-2H3/b12-10+/t39-,40+,41+,44-,45-,46?,47?,48?,49?,50+,51+/m0/s1. The fourth-order valence-electron chi connectivity index (χ4n) is 8.38. The van der Waals surface area contributed by atoms with Crippen LogP contribution in [0, 0.1) is 0 Å². The lowest BCUT2D eigenvalue weighted by molar-refractivity contribution is -0.332. The first-order valence-corrected chi connectivity index (χ1v) is 26.3. The maximum absolute atomic E-state index is 13.0. The second kappa shape index (κ2) is 39.0. The molecule has 15 heteroatoms. The summed E-state index contributed by atoms with van der Waals surface area (Å²) in [4.78, 5) is 25.7. The molecule has 11 atom stereocenters. The van der Waals surface area contributed by atoms with E-state index in [1.165, 1.54) is 109 Å². The zero-order valence-corrected chi connectivity index (χ0v) is 40.9. The van der Waals surface area contributed by atoms with Crippen molar-refractivity contribution in [1.29, 1.82) is 0 Å². The van der Waals surface area contributed by atoms with Gasteiger partial charge >= 0.3 is 11.9 Å². The molecule has 0 aromatic rings. The van der Waals surface area contributed by atoms with Gasteiger partial charge in [-0.15, -0.1) is 0 Å². The quantitative estimate of drug-likeness (QED) is 0.0180. The Hall–Kier alpha value is -1.76. The van der Waals surface area contributed by atoms with Crippen LogP contribution < -0.4 is 0 Å². The molecule has 0 aromatic heterocycles. The van der Waals surface area contributed by atoms with Crippen LogP contribution in [0.1, 0.15) is 206 Å². The summed E-state index contributed by atoms with van der Waals surface area (Å²) in [6.45, 7) is 2.56. The van der Waals surface area contributed by atoms with Crippen LogP contribution in [0.2, 0.25) is 0 Å². The number of aliphatic hydroxyl groups is 7. The van der Waals surface area contributed by atoms with E-state index in [0.29, 0.717) is 12.8 Å². The Bertz CT molecular complexity index is 1210. The molecule has 15 nitrogen and oxygen atoms in total. The van der Waals surface area contributed by atoms with Gasteiger partial charge in [-0.05, 0) is 32.1 Å². The van der Waals surface area contributed by atoms with Crippen molar-refractivity contribution in [3.63, 3.8) is 0 Å². The molecule has 0 amide bonds. The Kier molecular flexibility index (Phi) is 35.7. The topological polar surface area (TPSA) is 231 Å². The lowest BCUT2D eigenvalue weighted by Gasteiger charge is -2.42. The van der Waals surface area contributed by atoms with Crippen molar-refractivity contribution in [2.45, 2.75) is 274 Å². The highest BCUT2D eigenvalue weighted by Crippen LogP contribution is 2.26. The number of carbonyl (C=O) groups excluding carboxylic acids is 2. The highest BCUT2D eigenvalue weighted by molar-refractivity contribution is 5.70. The number of allylic oxidation sites excluding steroid dienone is 2. The molecular weight excluding hydrogens is 853 g/mol. The van der Waals surface area contributed by atoms with Gasteiger partial charge in [0, 0.05) is 12.8 Å². The van der Waals surface area contributed by atoms with Crippen molar-refractivity contribution in [2.24, 2.45) is 0 Å². The van der Waals surface area contributed by atoms with Crippen molar-refractivity contribution in [3.05, 3.63) is 12.2 Å². The molecule has 2 heterocycles. The van der Waals surface area contributed by atoms with E-state index >= 15 is 0 Å². The van der Waals surface area contributed by atoms with Crippen LogP contribution in [-0.2, 0) is 38.0 Å². The highest BCUT2D eigenvalue weighted by Gasteiger charge is 2.47. The van der Waals surface area contributed by atoms with E-state index in [1.54, 1.807) is 0 Å². The van der Waals surface area contributed by atoms with Crippen LogP contribution in [0.15, 0.2) is 12.2 Å². The maximum Gasteiger partial charge on any atom is 0.306 e. The summed E-state index contributed by atoms with van der Waals surface area (Å²) in [6.07, 6.45) is 21.1. The van der Waals surface area contributed by atoms with E-state index in [-0.39, 0.29) is 26.1 Å². The second-order valence-corrected chi connectivity index (χ2v) is 18.7. The molecule has 0 bridgehead atoms. The average Bonchev–Trinajstić information content (AvgIpc) is 3.31. The third kappa shape index (κ3) is 26.8. The van der Waals surface area contributed by atoms with E-state index in [4.69, 9.17) is 28.4 Å². The average molecular weight is 947 g/mol. The first kappa shape index (κ1) is 60.4. The molecule has 2 fully saturated rings. The molecule has 66 heavy (non-hydrogen) atoms. The van der Waals surface area contributed by atoms with E-state index in [2.05, 4.69) is 26.0 Å². The molecule has 2 saturated heterocycles. The van der Waals surface area contributed by atoms with Crippen molar-refractivity contribution in [1.82, 2.24) is 0 Å². The van der Waals surface area contributed by atoms with E-state index in [1.807, 2.05) is 0 Å². The van der Waals surface area contributed by atoms with Crippen molar-refractivity contribution in [3.8, 4) is 0 Å². The number of esters is 2. The number of rotatable bonds is 41. The molecule has 4 unspecified atom stereocenters. The van der Waals surface area contributed by atoms with Gasteiger partial charge in [-0.3, -0.25) is 9.59 Å². The van der Waals surface area contributed by atoms with E-state index < -0.39 is 92.7 Å². The molecule has 388 valence electrons. The van der Waals surface area contributed by atoms with Gasteiger partial charge in [0.1, 0.15) is 55.4 Å². The number of hydrogen-bond acceptors (Lipinski definition) is 15. The van der Waals surface area contributed by atoms with Crippen molar-refractivity contribution >= 4 is 11.9 Å². The van der Waals surface area contributed by atoms with Gasteiger partial charge < -0.3 is 64.2 Å². The summed E-state index contributed by atoms with van der Waals surface area (Å²) in [6, 6.07) is 0. The minimum absolute atomic E-state index is 0.158. The highest BCUT2D eigenvalue weighted by atomic mass is 16.7. The van der Waals surface area contributed by atoms with Crippen LogP contribution in [0.3, 0.4) is 0 Å². The number of unbranched alkanes of at least 4 members (excludes halogenated alkanes) is 25. The Morgan fingerprint density at radius 1 is 0.470 bits per heavy atom. The minimum Gasteiger partial charge on any atom is -0.462 e.